The van der Waals surface area contributed by atoms with Gasteiger partial charge in [-0.05, 0) is 35.7 Å². The molecule has 2 N–H and O–H groups in total. The number of rotatable bonds is 3. The number of benzene rings is 2. The van der Waals surface area contributed by atoms with Crippen molar-refractivity contribution >= 4 is 21.6 Å². The lowest BCUT2D eigenvalue weighted by Crippen LogP contribution is -2.30. The summed E-state index contributed by atoms with van der Waals surface area (Å²) in [5.41, 5.74) is 1.71. The molecule has 0 fully saturated rings. The summed E-state index contributed by atoms with van der Waals surface area (Å²) < 4.78 is 36.6. The molecule has 0 aromatic heterocycles. The third-order valence-corrected chi connectivity index (χ3v) is 4.79. The molecule has 23 heavy (non-hydrogen) atoms. The fourth-order valence-electron chi connectivity index (χ4n) is 2.70. The Morgan fingerprint density at radius 1 is 1.22 bits per heavy atom. The summed E-state index contributed by atoms with van der Waals surface area (Å²) in [6, 6.07) is 10.6. The molecule has 1 amide bonds. The fraction of sp³-hybridized carbons (Fsp3) is 0.188. The van der Waals surface area contributed by atoms with Crippen molar-refractivity contribution in [2.45, 2.75) is 17.7 Å². The number of carbonyl (C=O) groups excluding carboxylic acids is 1. The van der Waals surface area contributed by atoms with Gasteiger partial charge in [0.2, 0.25) is 15.9 Å². The second kappa shape index (κ2) is 5.75. The summed E-state index contributed by atoms with van der Waals surface area (Å²) in [4.78, 5) is 13.9. The van der Waals surface area contributed by atoms with E-state index in [0.717, 1.165) is 5.56 Å². The third kappa shape index (κ3) is 3.11. The molecular formula is C16H15FN2O3S. The van der Waals surface area contributed by atoms with E-state index in [9.17, 15) is 17.6 Å². The second-order valence-corrected chi connectivity index (χ2v) is 6.96. The molecule has 2 aromatic carbocycles. The van der Waals surface area contributed by atoms with E-state index < -0.39 is 15.8 Å². The van der Waals surface area contributed by atoms with E-state index >= 15 is 0 Å². The molecule has 0 saturated carbocycles. The largest absolute Gasteiger partial charge is 0.311 e. The van der Waals surface area contributed by atoms with E-state index in [2.05, 4.69) is 0 Å². The zero-order valence-corrected chi connectivity index (χ0v) is 13.0. The highest BCUT2D eigenvalue weighted by Crippen LogP contribution is 2.30. The van der Waals surface area contributed by atoms with Crippen LogP contribution < -0.4 is 10.0 Å². The number of nitrogens with two attached hydrogens (primary N) is 1. The highest BCUT2D eigenvalue weighted by molar-refractivity contribution is 7.89. The molecule has 120 valence electrons. The molecule has 0 spiro atoms. The second-order valence-electron chi connectivity index (χ2n) is 5.40. The van der Waals surface area contributed by atoms with Gasteiger partial charge in [-0.15, -0.1) is 0 Å². The van der Waals surface area contributed by atoms with Gasteiger partial charge in [-0.2, -0.15) is 0 Å². The molecule has 1 heterocycles. The molecule has 0 aliphatic carbocycles. The maximum atomic E-state index is 13.7. The molecule has 0 saturated heterocycles. The van der Waals surface area contributed by atoms with Crippen molar-refractivity contribution in [2.24, 2.45) is 5.14 Å². The van der Waals surface area contributed by atoms with Gasteiger partial charge in [-0.3, -0.25) is 4.79 Å². The number of hydrogen-bond acceptors (Lipinski definition) is 3. The highest BCUT2D eigenvalue weighted by Gasteiger charge is 2.26. The molecule has 0 bridgehead atoms. The zero-order valence-electron chi connectivity index (χ0n) is 12.2. The van der Waals surface area contributed by atoms with Gasteiger partial charge in [-0.1, -0.05) is 24.3 Å². The number of carbonyl (C=O) groups is 1. The van der Waals surface area contributed by atoms with Crippen molar-refractivity contribution in [2.75, 3.05) is 11.4 Å². The number of fused-ring (bicyclic) bond motifs is 1. The number of hydrogen-bond donors (Lipinski definition) is 1. The molecule has 0 radical (unpaired) electrons. The minimum absolute atomic E-state index is 0.0400. The summed E-state index contributed by atoms with van der Waals surface area (Å²) in [6.45, 7) is 0.441. The monoisotopic (exact) mass is 334 g/mol. The lowest BCUT2D eigenvalue weighted by Gasteiger charge is -2.18. The first-order chi connectivity index (χ1) is 10.9. The Morgan fingerprint density at radius 3 is 2.65 bits per heavy atom. The van der Waals surface area contributed by atoms with E-state index in [0.29, 0.717) is 24.2 Å². The summed E-state index contributed by atoms with van der Waals surface area (Å²) in [5.74, 6) is -0.709. The predicted molar refractivity (Wildman–Crippen MR) is 84.0 cm³/mol. The van der Waals surface area contributed by atoms with Gasteiger partial charge >= 0.3 is 0 Å². The Morgan fingerprint density at radius 2 is 1.96 bits per heavy atom. The van der Waals surface area contributed by atoms with Crippen LogP contribution in [-0.4, -0.2) is 20.9 Å². The first kappa shape index (κ1) is 15.6. The molecule has 0 atom stereocenters. The molecule has 1 aliphatic heterocycles. The van der Waals surface area contributed by atoms with Gasteiger partial charge in [0.25, 0.3) is 0 Å². The Labute approximate surface area is 133 Å². The van der Waals surface area contributed by atoms with Crippen LogP contribution in [0.1, 0.15) is 11.1 Å². The molecule has 1 aliphatic rings. The lowest BCUT2D eigenvalue weighted by atomic mass is 10.1. The topological polar surface area (TPSA) is 80.5 Å². The summed E-state index contributed by atoms with van der Waals surface area (Å²) in [6.07, 6.45) is 0.551. The summed E-state index contributed by atoms with van der Waals surface area (Å²) in [5, 5.41) is 5.14. The fourth-order valence-corrected chi connectivity index (χ4v) is 3.23. The van der Waals surface area contributed by atoms with Crippen molar-refractivity contribution < 1.29 is 17.6 Å². The van der Waals surface area contributed by atoms with Crippen molar-refractivity contribution in [1.82, 2.24) is 0 Å². The van der Waals surface area contributed by atoms with Crippen LogP contribution in [0.5, 0.6) is 0 Å². The van der Waals surface area contributed by atoms with E-state index in [1.807, 2.05) is 0 Å². The maximum Gasteiger partial charge on any atom is 0.238 e. The van der Waals surface area contributed by atoms with E-state index in [1.165, 1.54) is 23.1 Å². The van der Waals surface area contributed by atoms with E-state index in [1.54, 1.807) is 24.3 Å². The number of primary sulfonamides is 1. The normalized spacial score (nSPS) is 13.9. The number of nitrogens with zero attached hydrogens (tertiary/aromatic N) is 1. The molecule has 5 nitrogen and oxygen atoms in total. The van der Waals surface area contributed by atoms with Crippen LogP contribution in [-0.2, 0) is 27.7 Å². The van der Waals surface area contributed by atoms with Crippen molar-refractivity contribution in [1.29, 1.82) is 0 Å². The summed E-state index contributed by atoms with van der Waals surface area (Å²) in [7, 11) is -3.84. The minimum atomic E-state index is -3.84. The maximum absolute atomic E-state index is 13.7. The van der Waals surface area contributed by atoms with Crippen LogP contribution in [0.15, 0.2) is 47.4 Å². The number of halogens is 1. The van der Waals surface area contributed by atoms with Crippen molar-refractivity contribution in [3.63, 3.8) is 0 Å². The van der Waals surface area contributed by atoms with Crippen LogP contribution in [0, 0.1) is 5.82 Å². The minimum Gasteiger partial charge on any atom is -0.311 e. The lowest BCUT2D eigenvalue weighted by molar-refractivity contribution is -0.117. The smallest absolute Gasteiger partial charge is 0.238 e. The standard InChI is InChI=1S/C16H15FN2O3S/c17-14-4-2-1-3-12(14)9-16(20)19-8-7-11-5-6-13(10-15(11)19)23(18,21)22/h1-6,10H,7-9H2,(H2,18,21,22). The molecule has 7 heteroatoms. The van der Waals surface area contributed by atoms with Crippen LogP contribution in [0.2, 0.25) is 0 Å². The number of amides is 1. The number of sulfonamides is 1. The van der Waals surface area contributed by atoms with Crippen LogP contribution in [0.4, 0.5) is 10.1 Å². The number of anilines is 1. The third-order valence-electron chi connectivity index (χ3n) is 3.88. The van der Waals surface area contributed by atoms with E-state index in [-0.39, 0.29) is 17.2 Å². The van der Waals surface area contributed by atoms with Gasteiger partial charge in [-0.25, -0.2) is 17.9 Å². The van der Waals surface area contributed by atoms with Gasteiger partial charge in [0, 0.05) is 12.2 Å². The molecule has 2 aromatic rings. The molecular weight excluding hydrogens is 319 g/mol. The highest BCUT2D eigenvalue weighted by atomic mass is 32.2. The van der Waals surface area contributed by atoms with Crippen LogP contribution in [0.25, 0.3) is 0 Å². The van der Waals surface area contributed by atoms with E-state index in [4.69, 9.17) is 5.14 Å². The Bertz CT molecular complexity index is 881. The Hall–Kier alpha value is -2.25. The Balaban J connectivity index is 1.90. The first-order valence-corrected chi connectivity index (χ1v) is 8.60. The van der Waals surface area contributed by atoms with Crippen LogP contribution >= 0.6 is 0 Å². The molecule has 3 rings (SSSR count). The summed E-state index contributed by atoms with van der Waals surface area (Å²) >= 11 is 0. The van der Waals surface area contributed by atoms with Gasteiger partial charge in [0.15, 0.2) is 0 Å². The zero-order chi connectivity index (χ0) is 16.6. The van der Waals surface area contributed by atoms with Crippen molar-refractivity contribution in [3.8, 4) is 0 Å². The quantitative estimate of drug-likeness (QED) is 0.926. The molecule has 0 unspecified atom stereocenters. The average Bonchev–Trinajstić information content (AvgIpc) is 2.91. The van der Waals surface area contributed by atoms with Gasteiger partial charge < -0.3 is 4.90 Å². The van der Waals surface area contributed by atoms with Crippen LogP contribution in [0.3, 0.4) is 0 Å². The van der Waals surface area contributed by atoms with Crippen molar-refractivity contribution in [3.05, 3.63) is 59.4 Å². The predicted octanol–water partition coefficient (Wildman–Crippen LogP) is 1.60. The first-order valence-electron chi connectivity index (χ1n) is 7.06. The average molecular weight is 334 g/mol. The Kier molecular flexibility index (Phi) is 3.91. The van der Waals surface area contributed by atoms with Gasteiger partial charge in [0.1, 0.15) is 5.82 Å². The SMILES string of the molecule is NS(=O)(=O)c1ccc2c(c1)N(C(=O)Cc1ccccc1F)CC2. The van der Waals surface area contributed by atoms with Gasteiger partial charge in [0.05, 0.1) is 11.3 Å².